The summed E-state index contributed by atoms with van der Waals surface area (Å²) in [5.41, 5.74) is 4.63. The number of aromatic nitrogens is 1. The van der Waals surface area contributed by atoms with Gasteiger partial charge < -0.3 is 4.52 Å². The van der Waals surface area contributed by atoms with Gasteiger partial charge in [0.2, 0.25) is 0 Å². The summed E-state index contributed by atoms with van der Waals surface area (Å²) in [7, 11) is 0. The molecule has 0 amide bonds. The zero-order valence-electron chi connectivity index (χ0n) is 10.2. The highest BCUT2D eigenvalue weighted by atomic mass is 16.5. The number of nitrogens with zero attached hydrogens (tertiary/aromatic N) is 1. The zero-order chi connectivity index (χ0) is 11.7. The Morgan fingerprint density at radius 2 is 1.94 bits per heavy atom. The molecule has 0 aliphatic heterocycles. The maximum atomic E-state index is 5.20. The van der Waals surface area contributed by atoms with Crippen LogP contribution in [0.4, 0.5) is 0 Å². The van der Waals surface area contributed by atoms with Gasteiger partial charge in [-0.3, -0.25) is 0 Å². The maximum absolute atomic E-state index is 5.20. The minimum Gasteiger partial charge on any atom is -0.361 e. The first kappa shape index (κ1) is 10.9. The molecular weight excluding hydrogens is 198 g/mol. The molecule has 2 aromatic rings. The first-order valence-corrected chi connectivity index (χ1v) is 5.63. The van der Waals surface area contributed by atoms with Gasteiger partial charge in [0.1, 0.15) is 5.76 Å². The largest absolute Gasteiger partial charge is 0.361 e. The highest BCUT2D eigenvalue weighted by molar-refractivity contribution is 5.68. The average molecular weight is 215 g/mol. The van der Waals surface area contributed by atoms with Gasteiger partial charge >= 0.3 is 0 Å². The van der Waals surface area contributed by atoms with Gasteiger partial charge in [0.25, 0.3) is 0 Å². The number of aryl methyl sites for hydroxylation is 2. The van der Waals surface area contributed by atoms with Crippen molar-refractivity contribution in [2.75, 3.05) is 0 Å². The Kier molecular flexibility index (Phi) is 2.82. The van der Waals surface area contributed by atoms with Crippen molar-refractivity contribution in [3.63, 3.8) is 0 Å². The number of benzene rings is 1. The zero-order valence-corrected chi connectivity index (χ0v) is 10.2. The lowest BCUT2D eigenvalue weighted by atomic mass is 9.97. The second-order valence-electron chi connectivity index (χ2n) is 4.48. The fourth-order valence-electron chi connectivity index (χ4n) is 1.95. The van der Waals surface area contributed by atoms with Crippen molar-refractivity contribution in [1.29, 1.82) is 0 Å². The second-order valence-corrected chi connectivity index (χ2v) is 4.48. The van der Waals surface area contributed by atoms with E-state index < -0.39 is 0 Å². The van der Waals surface area contributed by atoms with Crippen LogP contribution in [0.25, 0.3) is 11.1 Å². The van der Waals surface area contributed by atoms with Crippen molar-refractivity contribution >= 4 is 0 Å². The van der Waals surface area contributed by atoms with Crippen LogP contribution in [0.2, 0.25) is 0 Å². The van der Waals surface area contributed by atoms with Crippen LogP contribution in [0.1, 0.15) is 36.8 Å². The molecule has 84 valence electrons. The van der Waals surface area contributed by atoms with Crippen LogP contribution in [0.15, 0.2) is 28.8 Å². The minimum absolute atomic E-state index is 0.542. The molecule has 0 N–H and O–H groups in total. The van der Waals surface area contributed by atoms with Crippen LogP contribution in [0.5, 0.6) is 0 Å². The van der Waals surface area contributed by atoms with Crippen LogP contribution in [-0.2, 0) is 0 Å². The smallest absolute Gasteiger partial charge is 0.141 e. The molecule has 1 aromatic heterocycles. The summed E-state index contributed by atoms with van der Waals surface area (Å²) in [6.45, 7) is 8.34. The summed E-state index contributed by atoms with van der Waals surface area (Å²) in [5, 5.41) is 3.99. The Bertz CT molecular complexity index is 478. The summed E-state index contributed by atoms with van der Waals surface area (Å²) in [4.78, 5) is 0. The Labute approximate surface area is 96.3 Å². The molecule has 2 nitrogen and oxygen atoms in total. The van der Waals surface area contributed by atoms with Gasteiger partial charge in [-0.25, -0.2) is 0 Å². The lowest BCUT2D eigenvalue weighted by molar-refractivity contribution is 0.393. The van der Waals surface area contributed by atoms with Gasteiger partial charge in [-0.1, -0.05) is 43.3 Å². The molecule has 16 heavy (non-hydrogen) atoms. The fraction of sp³-hybridized carbons (Fsp3) is 0.357. The van der Waals surface area contributed by atoms with Crippen LogP contribution >= 0.6 is 0 Å². The van der Waals surface area contributed by atoms with Gasteiger partial charge in [0.05, 0.1) is 5.69 Å². The minimum atomic E-state index is 0.542. The third kappa shape index (κ3) is 1.87. The van der Waals surface area contributed by atoms with E-state index in [0.29, 0.717) is 5.92 Å². The second kappa shape index (κ2) is 4.12. The molecule has 1 heterocycles. The van der Waals surface area contributed by atoms with E-state index in [2.05, 4.69) is 43.3 Å². The molecule has 0 aliphatic rings. The molecule has 2 rings (SSSR count). The molecule has 0 spiro atoms. The molecule has 0 fully saturated rings. The van der Waals surface area contributed by atoms with Crippen molar-refractivity contribution in [1.82, 2.24) is 5.16 Å². The molecule has 0 unspecified atom stereocenters. The van der Waals surface area contributed by atoms with Gasteiger partial charge in [-0.2, -0.15) is 0 Å². The van der Waals surface area contributed by atoms with Crippen LogP contribution in [0.3, 0.4) is 0 Å². The maximum Gasteiger partial charge on any atom is 0.141 e. The number of hydrogen-bond acceptors (Lipinski definition) is 2. The SMILES string of the molecule is Cc1noc(C)c1-c1cccc(C(C)C)c1. The Morgan fingerprint density at radius 1 is 1.19 bits per heavy atom. The van der Waals surface area contributed by atoms with Crippen LogP contribution in [-0.4, -0.2) is 5.16 Å². The standard InChI is InChI=1S/C14H17NO/c1-9(2)12-6-5-7-13(8-12)14-10(3)15-16-11(14)4/h5-9H,1-4H3. The summed E-state index contributed by atoms with van der Waals surface area (Å²) in [6, 6.07) is 8.58. The molecule has 0 radical (unpaired) electrons. The van der Waals surface area contributed by atoms with Crippen molar-refractivity contribution in [3.05, 3.63) is 41.3 Å². The highest BCUT2D eigenvalue weighted by Crippen LogP contribution is 2.28. The van der Waals surface area contributed by atoms with E-state index in [0.717, 1.165) is 17.0 Å². The summed E-state index contributed by atoms with van der Waals surface area (Å²) < 4.78 is 5.20. The molecule has 0 saturated carbocycles. The lowest BCUT2D eigenvalue weighted by Crippen LogP contribution is -1.89. The van der Waals surface area contributed by atoms with E-state index in [1.54, 1.807) is 0 Å². The Morgan fingerprint density at radius 3 is 2.50 bits per heavy atom. The van der Waals surface area contributed by atoms with Crippen molar-refractivity contribution < 1.29 is 4.52 Å². The van der Waals surface area contributed by atoms with Gasteiger partial charge in [0.15, 0.2) is 0 Å². The van der Waals surface area contributed by atoms with Crippen LogP contribution < -0.4 is 0 Å². The van der Waals surface area contributed by atoms with Crippen molar-refractivity contribution in [2.24, 2.45) is 0 Å². The van der Waals surface area contributed by atoms with E-state index in [4.69, 9.17) is 4.52 Å². The molecule has 0 bridgehead atoms. The van der Waals surface area contributed by atoms with E-state index in [-0.39, 0.29) is 0 Å². The first-order chi connectivity index (χ1) is 7.59. The molecule has 0 atom stereocenters. The van der Waals surface area contributed by atoms with Gasteiger partial charge in [-0.15, -0.1) is 0 Å². The van der Waals surface area contributed by atoms with Gasteiger partial charge in [0, 0.05) is 5.56 Å². The highest BCUT2D eigenvalue weighted by Gasteiger charge is 2.11. The predicted molar refractivity (Wildman–Crippen MR) is 65.5 cm³/mol. The normalized spacial score (nSPS) is 11.1. The van der Waals surface area contributed by atoms with E-state index in [1.165, 1.54) is 11.1 Å². The Balaban J connectivity index is 2.52. The third-order valence-corrected chi connectivity index (χ3v) is 2.88. The van der Waals surface area contributed by atoms with E-state index in [1.807, 2.05) is 13.8 Å². The molecule has 0 aliphatic carbocycles. The first-order valence-electron chi connectivity index (χ1n) is 5.63. The van der Waals surface area contributed by atoms with Gasteiger partial charge in [-0.05, 0) is 30.9 Å². The third-order valence-electron chi connectivity index (χ3n) is 2.88. The van der Waals surface area contributed by atoms with Crippen molar-refractivity contribution in [3.8, 4) is 11.1 Å². The Hall–Kier alpha value is -1.57. The summed E-state index contributed by atoms with van der Waals surface area (Å²) in [6.07, 6.45) is 0. The summed E-state index contributed by atoms with van der Waals surface area (Å²) >= 11 is 0. The van der Waals surface area contributed by atoms with Crippen molar-refractivity contribution in [2.45, 2.75) is 33.6 Å². The fourth-order valence-corrected chi connectivity index (χ4v) is 1.95. The molecule has 0 saturated heterocycles. The predicted octanol–water partition coefficient (Wildman–Crippen LogP) is 4.08. The number of hydrogen-bond donors (Lipinski definition) is 0. The monoisotopic (exact) mass is 215 g/mol. The molecule has 2 heteroatoms. The summed E-state index contributed by atoms with van der Waals surface area (Å²) in [5.74, 6) is 1.43. The van der Waals surface area contributed by atoms with E-state index >= 15 is 0 Å². The molecule has 1 aromatic carbocycles. The molecular formula is C14H17NO. The van der Waals surface area contributed by atoms with E-state index in [9.17, 15) is 0 Å². The van der Waals surface area contributed by atoms with Crippen LogP contribution in [0, 0.1) is 13.8 Å². The topological polar surface area (TPSA) is 26.0 Å². The quantitative estimate of drug-likeness (QED) is 0.754. The average Bonchev–Trinajstić information content (AvgIpc) is 2.59. The lowest BCUT2D eigenvalue weighted by Gasteiger charge is -2.07. The number of rotatable bonds is 2.